The summed E-state index contributed by atoms with van der Waals surface area (Å²) in [5, 5.41) is 5.25. The van der Waals surface area contributed by atoms with E-state index >= 15 is 0 Å². The number of nitrogens with zero attached hydrogens (tertiary/aromatic N) is 4. The van der Waals surface area contributed by atoms with Gasteiger partial charge in [0.2, 0.25) is 5.95 Å². The molecule has 1 amide bonds. The van der Waals surface area contributed by atoms with Gasteiger partial charge >= 0.3 is 0 Å². The molecule has 0 unspecified atom stereocenters. The van der Waals surface area contributed by atoms with Crippen molar-refractivity contribution in [1.82, 2.24) is 19.9 Å². The number of thiophene rings is 1. The molecule has 0 bridgehead atoms. The van der Waals surface area contributed by atoms with Gasteiger partial charge in [0.05, 0.1) is 16.3 Å². The zero-order valence-corrected chi connectivity index (χ0v) is 14.8. The van der Waals surface area contributed by atoms with Crippen LogP contribution < -0.4 is 5.32 Å². The van der Waals surface area contributed by atoms with Gasteiger partial charge in [-0.25, -0.2) is 9.97 Å². The van der Waals surface area contributed by atoms with E-state index < -0.39 is 0 Å². The Kier molecular flexibility index (Phi) is 4.31. The van der Waals surface area contributed by atoms with Gasteiger partial charge in [0.1, 0.15) is 0 Å². The van der Waals surface area contributed by atoms with E-state index in [1.54, 1.807) is 6.20 Å². The molecule has 1 atom stereocenters. The van der Waals surface area contributed by atoms with Crippen molar-refractivity contribution in [3.8, 4) is 0 Å². The lowest BCUT2D eigenvalue weighted by atomic mass is 10.1. The SMILES string of the molecule is C[C@@H](Nc1nc(C(=O)N2CCCC2)c2sccc2n1)c1cccnc1. The Balaban J connectivity index is 1.67. The van der Waals surface area contributed by atoms with E-state index in [1.165, 1.54) is 11.3 Å². The molecule has 128 valence electrons. The molecule has 1 fully saturated rings. The number of likely N-dealkylation sites (tertiary alicyclic amines) is 1. The van der Waals surface area contributed by atoms with Crippen LogP contribution in [0.5, 0.6) is 0 Å². The Hall–Kier alpha value is -2.54. The highest BCUT2D eigenvalue weighted by molar-refractivity contribution is 7.17. The molecule has 0 spiro atoms. The number of pyridine rings is 1. The van der Waals surface area contributed by atoms with Crippen molar-refractivity contribution in [3.05, 3.63) is 47.2 Å². The zero-order valence-electron chi connectivity index (χ0n) is 14.0. The number of anilines is 1. The molecule has 4 rings (SSSR count). The van der Waals surface area contributed by atoms with Crippen LogP contribution >= 0.6 is 11.3 Å². The smallest absolute Gasteiger partial charge is 0.274 e. The van der Waals surface area contributed by atoms with Gasteiger partial charge in [0.25, 0.3) is 5.91 Å². The lowest BCUT2D eigenvalue weighted by molar-refractivity contribution is 0.0789. The molecule has 1 N–H and O–H groups in total. The molecule has 3 aromatic heterocycles. The third-order valence-corrected chi connectivity index (χ3v) is 5.34. The molecule has 6 nitrogen and oxygen atoms in total. The van der Waals surface area contributed by atoms with Gasteiger partial charge in [0, 0.05) is 25.5 Å². The lowest BCUT2D eigenvalue weighted by Crippen LogP contribution is -2.28. The molecule has 0 saturated carbocycles. The number of aromatic nitrogens is 3. The van der Waals surface area contributed by atoms with Gasteiger partial charge in [-0.3, -0.25) is 9.78 Å². The molecular weight excluding hydrogens is 334 g/mol. The van der Waals surface area contributed by atoms with Crippen LogP contribution in [0.4, 0.5) is 5.95 Å². The summed E-state index contributed by atoms with van der Waals surface area (Å²) in [7, 11) is 0. The molecule has 4 heterocycles. The Bertz CT molecular complexity index is 889. The quantitative estimate of drug-likeness (QED) is 0.777. The number of carbonyl (C=O) groups excluding carboxylic acids is 1. The van der Waals surface area contributed by atoms with Crippen LogP contribution in [0.25, 0.3) is 10.2 Å². The lowest BCUT2D eigenvalue weighted by Gasteiger charge is -2.17. The highest BCUT2D eigenvalue weighted by Crippen LogP contribution is 2.27. The third-order valence-electron chi connectivity index (χ3n) is 4.43. The minimum absolute atomic E-state index is 0.000440. The molecule has 3 aromatic rings. The maximum Gasteiger partial charge on any atom is 0.274 e. The van der Waals surface area contributed by atoms with Crippen LogP contribution in [0.1, 0.15) is 41.9 Å². The normalized spacial score (nSPS) is 15.5. The maximum atomic E-state index is 12.9. The van der Waals surface area contributed by atoms with Crippen molar-refractivity contribution in [1.29, 1.82) is 0 Å². The van der Waals surface area contributed by atoms with Crippen molar-refractivity contribution < 1.29 is 4.79 Å². The molecule has 1 saturated heterocycles. The van der Waals surface area contributed by atoms with Gasteiger partial charge in [-0.1, -0.05) is 6.07 Å². The number of fused-ring (bicyclic) bond motifs is 1. The third kappa shape index (κ3) is 3.19. The Morgan fingerprint density at radius 3 is 2.88 bits per heavy atom. The minimum Gasteiger partial charge on any atom is -0.348 e. The summed E-state index contributed by atoms with van der Waals surface area (Å²) in [4.78, 5) is 28.0. The van der Waals surface area contributed by atoms with Gasteiger partial charge in [-0.15, -0.1) is 11.3 Å². The van der Waals surface area contributed by atoms with E-state index in [-0.39, 0.29) is 11.9 Å². The van der Waals surface area contributed by atoms with Crippen molar-refractivity contribution in [2.75, 3.05) is 18.4 Å². The van der Waals surface area contributed by atoms with Gasteiger partial charge in [-0.05, 0) is 42.8 Å². The first-order valence-corrected chi connectivity index (χ1v) is 9.31. The van der Waals surface area contributed by atoms with Crippen LogP contribution in [-0.4, -0.2) is 38.8 Å². The molecule has 0 aromatic carbocycles. The van der Waals surface area contributed by atoms with Crippen LogP contribution in [0.15, 0.2) is 36.0 Å². The van der Waals surface area contributed by atoms with Crippen LogP contribution in [-0.2, 0) is 0 Å². The number of hydrogen-bond acceptors (Lipinski definition) is 6. The fourth-order valence-corrected chi connectivity index (χ4v) is 3.86. The predicted molar refractivity (Wildman–Crippen MR) is 98.8 cm³/mol. The molecule has 0 aliphatic carbocycles. The second-order valence-electron chi connectivity index (χ2n) is 6.18. The second kappa shape index (κ2) is 6.76. The summed E-state index contributed by atoms with van der Waals surface area (Å²) in [6.07, 6.45) is 5.69. The van der Waals surface area contributed by atoms with Crippen molar-refractivity contribution in [2.24, 2.45) is 0 Å². The summed E-state index contributed by atoms with van der Waals surface area (Å²) >= 11 is 1.51. The number of amides is 1. The summed E-state index contributed by atoms with van der Waals surface area (Å²) in [5.41, 5.74) is 2.36. The van der Waals surface area contributed by atoms with Gasteiger partial charge < -0.3 is 10.2 Å². The van der Waals surface area contributed by atoms with Crippen LogP contribution in [0, 0.1) is 0 Å². The highest BCUT2D eigenvalue weighted by atomic mass is 32.1. The van der Waals surface area contributed by atoms with Gasteiger partial charge in [-0.2, -0.15) is 0 Å². The largest absolute Gasteiger partial charge is 0.348 e. The summed E-state index contributed by atoms with van der Waals surface area (Å²) in [5.74, 6) is 0.481. The summed E-state index contributed by atoms with van der Waals surface area (Å²) in [6.45, 7) is 3.65. The first-order valence-electron chi connectivity index (χ1n) is 8.43. The number of carbonyl (C=O) groups is 1. The second-order valence-corrected chi connectivity index (χ2v) is 7.10. The molecule has 25 heavy (non-hydrogen) atoms. The first-order chi connectivity index (χ1) is 12.2. The standard InChI is InChI=1S/C18H19N5OS/c1-12(13-5-4-7-19-11-13)20-18-21-14-6-10-25-16(14)15(22-18)17(24)23-8-2-3-9-23/h4-7,10-12H,2-3,8-9H2,1H3,(H,20,21,22)/t12-/m1/s1. The average Bonchev–Trinajstić information content (AvgIpc) is 3.33. The molecule has 7 heteroatoms. The van der Waals surface area contributed by atoms with E-state index in [9.17, 15) is 4.79 Å². The average molecular weight is 353 g/mol. The maximum absolute atomic E-state index is 12.9. The number of rotatable bonds is 4. The van der Waals surface area contributed by atoms with Crippen LogP contribution in [0.2, 0.25) is 0 Å². The predicted octanol–water partition coefficient (Wildman–Crippen LogP) is 3.50. The van der Waals surface area contributed by atoms with Crippen LogP contribution in [0.3, 0.4) is 0 Å². The number of nitrogens with one attached hydrogen (secondary N) is 1. The van der Waals surface area contributed by atoms with E-state index in [0.717, 1.165) is 41.7 Å². The Morgan fingerprint density at radius 2 is 2.12 bits per heavy atom. The highest BCUT2D eigenvalue weighted by Gasteiger charge is 2.24. The molecule has 1 aliphatic heterocycles. The van der Waals surface area contributed by atoms with Crippen molar-refractivity contribution >= 4 is 33.4 Å². The topological polar surface area (TPSA) is 71.0 Å². The summed E-state index contributed by atoms with van der Waals surface area (Å²) < 4.78 is 0.858. The zero-order chi connectivity index (χ0) is 17.2. The van der Waals surface area contributed by atoms with Crippen molar-refractivity contribution in [3.63, 3.8) is 0 Å². The Morgan fingerprint density at radius 1 is 1.28 bits per heavy atom. The fourth-order valence-electron chi connectivity index (χ4n) is 3.05. The first kappa shape index (κ1) is 16.0. The van der Waals surface area contributed by atoms with E-state index in [2.05, 4.69) is 20.3 Å². The fraction of sp³-hybridized carbons (Fsp3) is 0.333. The van der Waals surface area contributed by atoms with E-state index in [4.69, 9.17) is 0 Å². The monoisotopic (exact) mass is 353 g/mol. The molecule has 0 radical (unpaired) electrons. The molecular formula is C18H19N5OS. The summed E-state index contributed by atoms with van der Waals surface area (Å²) in [6, 6.07) is 5.84. The van der Waals surface area contributed by atoms with E-state index in [0.29, 0.717) is 11.6 Å². The number of hydrogen-bond donors (Lipinski definition) is 1. The van der Waals surface area contributed by atoms with Gasteiger partial charge in [0.15, 0.2) is 5.69 Å². The Labute approximate surface area is 149 Å². The minimum atomic E-state index is -0.000440. The van der Waals surface area contributed by atoms with E-state index in [1.807, 2.05) is 41.6 Å². The molecule has 1 aliphatic rings. The van der Waals surface area contributed by atoms with Crippen molar-refractivity contribution in [2.45, 2.75) is 25.8 Å².